The van der Waals surface area contributed by atoms with Gasteiger partial charge in [-0.25, -0.2) is 13.6 Å². The molecule has 4 N–H and O–H groups in total. The van der Waals surface area contributed by atoms with Crippen molar-refractivity contribution in [3.63, 3.8) is 0 Å². The summed E-state index contributed by atoms with van der Waals surface area (Å²) in [4.78, 5) is 28.4. The monoisotopic (exact) mass is 381 g/mol. The molecule has 0 aliphatic carbocycles. The lowest BCUT2D eigenvalue weighted by atomic mass is 10.1. The van der Waals surface area contributed by atoms with Gasteiger partial charge in [0.1, 0.15) is 23.0 Å². The van der Waals surface area contributed by atoms with E-state index in [0.717, 1.165) is 24.6 Å². The Bertz CT molecular complexity index is 738. The Morgan fingerprint density at radius 1 is 1.19 bits per heavy atom. The van der Waals surface area contributed by atoms with Gasteiger partial charge in [-0.05, 0) is 30.9 Å². The van der Waals surface area contributed by atoms with E-state index in [9.17, 15) is 18.4 Å². The fourth-order valence-corrected chi connectivity index (χ4v) is 2.14. The highest BCUT2D eigenvalue weighted by atomic mass is 19.1. The number of nitrogens with zero attached hydrogens (tertiary/aromatic N) is 1. The molecule has 0 aliphatic rings. The van der Waals surface area contributed by atoms with Crippen molar-refractivity contribution in [1.82, 2.24) is 0 Å². The summed E-state index contributed by atoms with van der Waals surface area (Å²) in [5, 5.41) is 0. The van der Waals surface area contributed by atoms with Gasteiger partial charge in [0.05, 0.1) is 5.56 Å². The molecule has 0 amide bonds. The maximum Gasteiger partial charge on any atom is 0.344 e. The predicted molar refractivity (Wildman–Crippen MR) is 99.1 cm³/mol. The summed E-state index contributed by atoms with van der Waals surface area (Å²) in [6, 6.07) is 3.01. The number of carbonyl (C=O) groups is 2. The largest absolute Gasteiger partial charge is 0.454 e. The molecule has 0 atom stereocenters. The average molecular weight is 381 g/mol. The molecule has 0 bridgehead atoms. The average Bonchev–Trinajstić information content (AvgIpc) is 2.59. The zero-order valence-corrected chi connectivity index (χ0v) is 15.7. The number of ketones is 1. The fourth-order valence-electron chi connectivity index (χ4n) is 2.14. The minimum atomic E-state index is -1.03. The first kappa shape index (κ1) is 22.3. The van der Waals surface area contributed by atoms with E-state index in [1.54, 1.807) is 6.92 Å². The van der Waals surface area contributed by atoms with Gasteiger partial charge < -0.3 is 16.2 Å². The number of allylic oxidation sites excluding steroid dienone is 1. The maximum absolute atomic E-state index is 13.6. The Balaban J connectivity index is 2.91. The van der Waals surface area contributed by atoms with Crippen molar-refractivity contribution >= 4 is 17.6 Å². The third-order valence-corrected chi connectivity index (χ3v) is 3.73. The summed E-state index contributed by atoms with van der Waals surface area (Å²) in [6.07, 6.45) is 1.07. The van der Waals surface area contributed by atoms with Crippen LogP contribution in [0.3, 0.4) is 0 Å². The molecule has 0 spiro atoms. The van der Waals surface area contributed by atoms with E-state index >= 15 is 0 Å². The van der Waals surface area contributed by atoms with Crippen molar-refractivity contribution in [2.75, 3.05) is 13.2 Å². The molecule has 0 aromatic heterocycles. The molecule has 0 fully saturated rings. The van der Waals surface area contributed by atoms with Gasteiger partial charge in [-0.2, -0.15) is 0 Å². The number of esters is 1. The molecular weight excluding hydrogens is 356 g/mol. The Kier molecular flexibility index (Phi) is 8.58. The molecule has 0 saturated carbocycles. The van der Waals surface area contributed by atoms with Gasteiger partial charge >= 0.3 is 5.97 Å². The molecule has 0 aliphatic heterocycles. The van der Waals surface area contributed by atoms with Crippen LogP contribution in [0.2, 0.25) is 0 Å². The number of Topliss-reactive ketones (excluding diaryl/α,β-unsaturated/α-hetero) is 1. The molecule has 148 valence electrons. The van der Waals surface area contributed by atoms with Gasteiger partial charge in [0.2, 0.25) is 5.78 Å². The third kappa shape index (κ3) is 6.47. The van der Waals surface area contributed by atoms with Crippen molar-refractivity contribution in [3.05, 3.63) is 46.7 Å². The highest BCUT2D eigenvalue weighted by Gasteiger charge is 2.23. The van der Waals surface area contributed by atoms with Crippen LogP contribution in [0.5, 0.6) is 0 Å². The van der Waals surface area contributed by atoms with Crippen LogP contribution in [0.4, 0.5) is 8.78 Å². The zero-order chi connectivity index (χ0) is 20.6. The van der Waals surface area contributed by atoms with E-state index in [4.69, 9.17) is 16.2 Å². The Morgan fingerprint density at radius 2 is 1.78 bits per heavy atom. The first-order valence-corrected chi connectivity index (χ1v) is 8.62. The summed E-state index contributed by atoms with van der Waals surface area (Å²) in [7, 11) is 0. The van der Waals surface area contributed by atoms with Crippen molar-refractivity contribution in [3.8, 4) is 0 Å². The molecule has 1 aromatic carbocycles. The fraction of sp³-hybridized carbons (Fsp3) is 0.421. The topological polar surface area (TPSA) is 108 Å². The summed E-state index contributed by atoms with van der Waals surface area (Å²) >= 11 is 0. The summed E-state index contributed by atoms with van der Waals surface area (Å²) in [5.41, 5.74) is 10.9. The minimum absolute atomic E-state index is 0.0930. The molecule has 0 heterocycles. The molecule has 27 heavy (non-hydrogen) atoms. The molecule has 0 unspecified atom stereocenters. The van der Waals surface area contributed by atoms with Crippen molar-refractivity contribution in [2.24, 2.45) is 22.4 Å². The predicted octanol–water partition coefficient (Wildman–Crippen LogP) is 2.72. The van der Waals surface area contributed by atoms with Gasteiger partial charge in [-0.15, -0.1) is 0 Å². The van der Waals surface area contributed by atoms with E-state index < -0.39 is 35.6 Å². The van der Waals surface area contributed by atoms with Crippen molar-refractivity contribution in [2.45, 2.75) is 33.6 Å². The van der Waals surface area contributed by atoms with Crippen LogP contribution in [0.15, 0.2) is 34.5 Å². The van der Waals surface area contributed by atoms with E-state index in [1.807, 2.05) is 13.8 Å². The third-order valence-electron chi connectivity index (χ3n) is 3.73. The van der Waals surface area contributed by atoms with Crippen LogP contribution in [-0.2, 0) is 9.53 Å². The molecule has 0 radical (unpaired) electrons. The summed E-state index contributed by atoms with van der Waals surface area (Å²) in [5.74, 6) is -3.74. The highest BCUT2D eigenvalue weighted by molar-refractivity contribution is 6.19. The number of benzene rings is 1. The van der Waals surface area contributed by atoms with Crippen LogP contribution in [-0.4, -0.2) is 30.7 Å². The number of carbonyl (C=O) groups excluding carboxylic acids is 2. The maximum atomic E-state index is 13.6. The Morgan fingerprint density at radius 3 is 2.30 bits per heavy atom. The van der Waals surface area contributed by atoms with Crippen molar-refractivity contribution < 1.29 is 23.1 Å². The van der Waals surface area contributed by atoms with Crippen LogP contribution >= 0.6 is 0 Å². The lowest BCUT2D eigenvalue weighted by molar-refractivity contribution is -0.137. The number of aliphatic imine (C=N–C) groups is 1. The number of halogens is 2. The molecule has 1 rings (SSSR count). The lowest BCUT2D eigenvalue weighted by Crippen LogP contribution is -2.28. The van der Waals surface area contributed by atoms with Gasteiger partial charge in [-0.3, -0.25) is 9.79 Å². The number of ether oxygens (including phenoxy) is 1. The normalized spacial score (nSPS) is 12.7. The number of hydrogen-bond acceptors (Lipinski definition) is 5. The van der Waals surface area contributed by atoms with E-state index in [2.05, 4.69) is 4.99 Å². The van der Waals surface area contributed by atoms with Crippen LogP contribution in [0.25, 0.3) is 0 Å². The second kappa shape index (κ2) is 10.4. The van der Waals surface area contributed by atoms with Gasteiger partial charge in [0, 0.05) is 12.2 Å². The first-order valence-electron chi connectivity index (χ1n) is 8.62. The summed E-state index contributed by atoms with van der Waals surface area (Å²) in [6.45, 7) is 5.30. The Hall–Kier alpha value is -2.77. The molecule has 6 nitrogen and oxygen atoms in total. The number of amidine groups is 1. The smallest absolute Gasteiger partial charge is 0.344 e. The van der Waals surface area contributed by atoms with E-state index in [-0.39, 0.29) is 17.1 Å². The van der Waals surface area contributed by atoms with Crippen LogP contribution in [0.1, 0.15) is 44.0 Å². The van der Waals surface area contributed by atoms with E-state index in [1.165, 1.54) is 0 Å². The van der Waals surface area contributed by atoms with Crippen LogP contribution < -0.4 is 11.5 Å². The highest BCUT2D eigenvalue weighted by Crippen LogP contribution is 2.14. The standard InChI is InChI=1S/C19H25F2N3O3/c1-4-14(22)17(18(23)24-9-8-11(2)3)19(26)27-10-15(25)16-12(20)6-5-7-13(16)21/h5-7,11H,4,8-10,22H2,1-3H3,(H2,23,24). The van der Waals surface area contributed by atoms with Gasteiger partial charge in [0.15, 0.2) is 6.61 Å². The number of nitrogens with two attached hydrogens (primary N) is 2. The Labute approximate surface area is 157 Å². The zero-order valence-electron chi connectivity index (χ0n) is 15.7. The lowest BCUT2D eigenvalue weighted by Gasteiger charge is -2.11. The van der Waals surface area contributed by atoms with Crippen LogP contribution in [0, 0.1) is 17.6 Å². The molecule has 0 saturated heterocycles. The molecular formula is C19H25F2N3O3. The van der Waals surface area contributed by atoms with E-state index in [0.29, 0.717) is 18.9 Å². The molecule has 1 aromatic rings. The van der Waals surface area contributed by atoms with Gasteiger partial charge in [-0.1, -0.05) is 26.8 Å². The molecule has 8 heteroatoms. The second-order valence-electron chi connectivity index (χ2n) is 6.30. The minimum Gasteiger partial charge on any atom is -0.454 e. The SMILES string of the molecule is CCC(N)=C(C(=O)OCC(=O)c1c(F)cccc1F)C(N)=NCCC(C)C. The van der Waals surface area contributed by atoms with Gasteiger partial charge in [0.25, 0.3) is 0 Å². The summed E-state index contributed by atoms with van der Waals surface area (Å²) < 4.78 is 32.1. The number of rotatable bonds is 9. The van der Waals surface area contributed by atoms with Crippen molar-refractivity contribution in [1.29, 1.82) is 0 Å². The first-order chi connectivity index (χ1) is 12.7. The second-order valence-corrected chi connectivity index (χ2v) is 6.30. The number of hydrogen-bond donors (Lipinski definition) is 2. The quantitative estimate of drug-likeness (QED) is 0.225.